The molecular weight excluding hydrogens is 302 g/mol. The zero-order valence-electron chi connectivity index (χ0n) is 10.9. The largest absolute Gasteiger partial charge is 0.465 e. The molecule has 2 rings (SSSR count). The van der Waals surface area contributed by atoms with Crippen molar-refractivity contribution in [3.63, 3.8) is 0 Å². The van der Waals surface area contributed by atoms with Crippen molar-refractivity contribution >= 4 is 35.0 Å². The van der Waals surface area contributed by atoms with E-state index in [0.29, 0.717) is 5.39 Å². The van der Waals surface area contributed by atoms with Crippen LogP contribution < -0.4 is 10.5 Å². The summed E-state index contributed by atoms with van der Waals surface area (Å²) in [6.45, 7) is 0. The van der Waals surface area contributed by atoms with Crippen LogP contribution in [0.25, 0.3) is 10.9 Å². The highest BCUT2D eigenvalue weighted by Gasteiger charge is 2.20. The van der Waals surface area contributed by atoms with Crippen LogP contribution in [0.1, 0.15) is 0 Å². The molecule has 0 bridgehead atoms. The molecule has 0 spiro atoms. The van der Waals surface area contributed by atoms with E-state index in [4.69, 9.17) is 10.5 Å². The highest BCUT2D eigenvalue weighted by Crippen LogP contribution is 2.31. The molecule has 1 unspecified atom stereocenters. The second kappa shape index (κ2) is 6.82. The van der Waals surface area contributed by atoms with E-state index in [0.717, 1.165) is 0 Å². The van der Waals surface area contributed by atoms with Crippen LogP contribution in [0.15, 0.2) is 30.5 Å². The number of benzene rings is 1. The van der Waals surface area contributed by atoms with Gasteiger partial charge in [-0.2, -0.15) is 0 Å². The van der Waals surface area contributed by atoms with Gasteiger partial charge in [0.15, 0.2) is 0 Å². The molecule has 9 heteroatoms. The lowest BCUT2D eigenvalue weighted by Gasteiger charge is -2.13. The van der Waals surface area contributed by atoms with Gasteiger partial charge in [-0.25, -0.2) is 4.79 Å². The number of ether oxygens (including phenoxy) is 2. The Bertz CT molecular complexity index is 679. The number of methoxy groups -OCH3 is 1. The Hall–Kier alpha value is -2.45. The molecule has 0 aliphatic heterocycles. The van der Waals surface area contributed by atoms with Crippen LogP contribution in [0.2, 0.25) is 0 Å². The quantitative estimate of drug-likeness (QED) is 0.392. The average Bonchev–Trinajstić information content (AvgIpc) is 2.46. The molecular formula is C12H12ClN3O5. The summed E-state index contributed by atoms with van der Waals surface area (Å²) >= 11 is 0. The maximum absolute atomic E-state index is 11.2. The van der Waals surface area contributed by atoms with Crippen molar-refractivity contribution in [2.45, 2.75) is 6.23 Å². The molecule has 0 saturated heterocycles. The fourth-order valence-corrected chi connectivity index (χ4v) is 1.69. The van der Waals surface area contributed by atoms with Gasteiger partial charge in [0.1, 0.15) is 11.3 Å². The Labute approximate surface area is 125 Å². The summed E-state index contributed by atoms with van der Waals surface area (Å²) < 4.78 is 9.67. The van der Waals surface area contributed by atoms with E-state index in [1.165, 1.54) is 31.5 Å². The van der Waals surface area contributed by atoms with Crippen molar-refractivity contribution in [3.8, 4) is 5.75 Å². The lowest BCUT2D eigenvalue weighted by molar-refractivity contribution is -0.383. The molecule has 1 atom stereocenters. The molecule has 0 amide bonds. The number of pyridine rings is 1. The fraction of sp³-hybridized carbons (Fsp3) is 0.167. The number of nitrogens with zero attached hydrogens (tertiary/aromatic N) is 2. The summed E-state index contributed by atoms with van der Waals surface area (Å²) in [5, 5.41) is 11.2. The second-order valence-corrected chi connectivity index (χ2v) is 3.80. The van der Waals surface area contributed by atoms with Crippen molar-refractivity contribution in [1.29, 1.82) is 0 Å². The molecule has 0 fully saturated rings. The number of carbonyl (C=O) groups is 1. The minimum Gasteiger partial charge on any atom is -0.465 e. The van der Waals surface area contributed by atoms with Crippen LogP contribution in [0.3, 0.4) is 0 Å². The predicted octanol–water partition coefficient (Wildman–Crippen LogP) is 1.40. The third-order valence-corrected chi connectivity index (χ3v) is 2.59. The van der Waals surface area contributed by atoms with E-state index in [1.54, 1.807) is 6.07 Å². The molecule has 1 heterocycles. The van der Waals surface area contributed by atoms with Crippen LogP contribution >= 0.6 is 12.4 Å². The minimum absolute atomic E-state index is 0. The number of hydrogen-bond acceptors (Lipinski definition) is 7. The Balaban J connectivity index is 0.00000220. The number of hydrogen-bond donors (Lipinski definition) is 1. The van der Waals surface area contributed by atoms with Crippen molar-refractivity contribution < 1.29 is 19.2 Å². The number of fused-ring (bicyclic) bond motifs is 1. The third-order valence-electron chi connectivity index (χ3n) is 2.59. The summed E-state index contributed by atoms with van der Waals surface area (Å²) in [6, 6.07) is 5.72. The monoisotopic (exact) mass is 313 g/mol. The zero-order valence-corrected chi connectivity index (χ0v) is 11.7. The zero-order chi connectivity index (χ0) is 14.7. The minimum atomic E-state index is -1.33. The van der Waals surface area contributed by atoms with E-state index < -0.39 is 17.1 Å². The Morgan fingerprint density at radius 2 is 2.14 bits per heavy atom. The van der Waals surface area contributed by atoms with E-state index in [-0.39, 0.29) is 29.4 Å². The third kappa shape index (κ3) is 3.36. The van der Waals surface area contributed by atoms with Gasteiger partial charge in [0.2, 0.25) is 6.23 Å². The average molecular weight is 314 g/mol. The second-order valence-electron chi connectivity index (χ2n) is 3.80. The Kier molecular flexibility index (Phi) is 5.39. The number of nitrogens with two attached hydrogens (primary N) is 1. The normalized spacial score (nSPS) is 11.3. The van der Waals surface area contributed by atoms with E-state index in [9.17, 15) is 14.9 Å². The Morgan fingerprint density at radius 1 is 1.43 bits per heavy atom. The number of halogens is 1. The van der Waals surface area contributed by atoms with Gasteiger partial charge in [-0.3, -0.25) is 20.8 Å². The van der Waals surface area contributed by atoms with Crippen LogP contribution in [0, 0.1) is 10.1 Å². The topological polar surface area (TPSA) is 118 Å². The standard InChI is InChI=1S/C12H11N3O5.ClH/c1-19-12(16)11(13)20-9-5-4-8(15(17)18)7-3-2-6-14-10(7)9;/h2-6,11H,13H2,1H3;1H. The summed E-state index contributed by atoms with van der Waals surface area (Å²) in [5.74, 6) is -0.587. The van der Waals surface area contributed by atoms with Crippen molar-refractivity contribution in [1.82, 2.24) is 4.98 Å². The number of carbonyl (C=O) groups excluding carboxylic acids is 1. The van der Waals surface area contributed by atoms with E-state index >= 15 is 0 Å². The maximum Gasteiger partial charge on any atom is 0.362 e. The molecule has 0 saturated carbocycles. The van der Waals surface area contributed by atoms with Crippen LogP contribution in [0.5, 0.6) is 5.75 Å². The molecule has 8 nitrogen and oxygen atoms in total. The molecule has 21 heavy (non-hydrogen) atoms. The number of rotatable bonds is 4. The SMILES string of the molecule is COC(=O)C(N)Oc1ccc([N+](=O)[O-])c2cccnc12.Cl. The number of esters is 1. The van der Waals surface area contributed by atoms with Gasteiger partial charge in [0.25, 0.3) is 5.69 Å². The molecule has 112 valence electrons. The molecule has 2 aromatic rings. The van der Waals surface area contributed by atoms with Gasteiger partial charge in [-0.05, 0) is 18.2 Å². The smallest absolute Gasteiger partial charge is 0.362 e. The molecule has 2 N–H and O–H groups in total. The highest BCUT2D eigenvalue weighted by molar-refractivity contribution is 5.92. The van der Waals surface area contributed by atoms with Crippen LogP contribution in [0.4, 0.5) is 5.69 Å². The first-order chi connectivity index (χ1) is 9.54. The van der Waals surface area contributed by atoms with E-state index in [2.05, 4.69) is 9.72 Å². The predicted molar refractivity (Wildman–Crippen MR) is 76.3 cm³/mol. The van der Waals surface area contributed by atoms with Gasteiger partial charge in [0, 0.05) is 12.3 Å². The summed E-state index contributed by atoms with van der Waals surface area (Å²) in [7, 11) is 1.18. The van der Waals surface area contributed by atoms with Crippen molar-refractivity contribution in [3.05, 3.63) is 40.6 Å². The van der Waals surface area contributed by atoms with Crippen molar-refractivity contribution in [2.75, 3.05) is 7.11 Å². The maximum atomic E-state index is 11.2. The van der Waals surface area contributed by atoms with Crippen molar-refractivity contribution in [2.24, 2.45) is 5.73 Å². The highest BCUT2D eigenvalue weighted by atomic mass is 35.5. The van der Waals surface area contributed by atoms with Gasteiger partial charge in [-0.15, -0.1) is 12.4 Å². The molecule has 0 aliphatic rings. The summed E-state index contributed by atoms with van der Waals surface area (Å²) in [4.78, 5) is 25.7. The Morgan fingerprint density at radius 3 is 2.76 bits per heavy atom. The number of aromatic nitrogens is 1. The van der Waals surface area contributed by atoms with Crippen LogP contribution in [-0.2, 0) is 9.53 Å². The van der Waals surface area contributed by atoms with Gasteiger partial charge < -0.3 is 9.47 Å². The number of non-ortho nitro benzene ring substituents is 1. The fourth-order valence-electron chi connectivity index (χ4n) is 1.69. The number of nitro benzene ring substituents is 1. The first-order valence-electron chi connectivity index (χ1n) is 5.56. The van der Waals surface area contributed by atoms with Gasteiger partial charge in [-0.1, -0.05) is 0 Å². The number of nitro groups is 1. The summed E-state index contributed by atoms with van der Waals surface area (Å²) in [6.07, 6.45) is 0.134. The van der Waals surface area contributed by atoms with Gasteiger partial charge >= 0.3 is 5.97 Å². The lowest BCUT2D eigenvalue weighted by Crippen LogP contribution is -2.37. The van der Waals surface area contributed by atoms with E-state index in [1.807, 2.05) is 0 Å². The van der Waals surface area contributed by atoms with Crippen LogP contribution in [-0.4, -0.2) is 29.2 Å². The summed E-state index contributed by atoms with van der Waals surface area (Å²) in [5.41, 5.74) is 5.64. The molecule has 0 radical (unpaired) electrons. The molecule has 1 aromatic heterocycles. The molecule has 0 aliphatic carbocycles. The lowest BCUT2D eigenvalue weighted by atomic mass is 10.1. The van der Waals surface area contributed by atoms with Gasteiger partial charge in [0.05, 0.1) is 17.4 Å². The molecule has 1 aromatic carbocycles. The first kappa shape index (κ1) is 16.6. The first-order valence-corrected chi connectivity index (χ1v) is 5.56.